The lowest BCUT2D eigenvalue weighted by Gasteiger charge is -2.15. The number of carbonyl (C=O) groups is 4. The number of rotatable bonds is 8. The Balaban J connectivity index is 1.22. The van der Waals surface area contributed by atoms with Crippen LogP contribution in [0.3, 0.4) is 0 Å². The molecular formula is C30H21BrN2O5. The molecule has 1 N–H and O–H groups in total. The molecule has 188 valence electrons. The van der Waals surface area contributed by atoms with Crippen molar-refractivity contribution in [1.29, 1.82) is 0 Å². The summed E-state index contributed by atoms with van der Waals surface area (Å²) >= 11 is 3.50. The number of hydrogen-bond acceptors (Lipinski definition) is 5. The summed E-state index contributed by atoms with van der Waals surface area (Å²) in [7, 11) is 0. The molecule has 4 aromatic rings. The number of allylic oxidation sites excluding steroid dienone is 1. The molecule has 0 saturated carbocycles. The van der Waals surface area contributed by atoms with Gasteiger partial charge in [-0.3, -0.25) is 24.1 Å². The molecule has 8 heteroatoms. The molecule has 5 rings (SSSR count). The molecule has 0 spiro atoms. The third-order valence-corrected chi connectivity index (χ3v) is 6.93. The molecule has 2 heterocycles. The van der Waals surface area contributed by atoms with Crippen molar-refractivity contribution in [3.8, 4) is 0 Å². The number of amides is 3. The molecule has 0 unspecified atom stereocenters. The van der Waals surface area contributed by atoms with Gasteiger partial charge in [0.2, 0.25) is 0 Å². The number of anilines is 1. The third kappa shape index (κ3) is 5.26. The summed E-state index contributed by atoms with van der Waals surface area (Å²) < 4.78 is 5.96. The Morgan fingerprint density at radius 1 is 0.868 bits per heavy atom. The maximum absolute atomic E-state index is 12.9. The molecular weight excluding hydrogens is 548 g/mol. The lowest BCUT2D eigenvalue weighted by molar-refractivity contribution is 0.0655. The highest BCUT2D eigenvalue weighted by Gasteiger charge is 2.34. The Hall–Kier alpha value is -4.56. The van der Waals surface area contributed by atoms with Crippen LogP contribution < -0.4 is 5.32 Å². The van der Waals surface area contributed by atoms with Crippen LogP contribution in [0.2, 0.25) is 0 Å². The molecule has 0 saturated heterocycles. The van der Waals surface area contributed by atoms with E-state index in [1.807, 2.05) is 0 Å². The summed E-state index contributed by atoms with van der Waals surface area (Å²) in [6.45, 7) is 0.194. The minimum Gasteiger partial charge on any atom is -0.465 e. The predicted octanol–water partition coefficient (Wildman–Crippen LogP) is 6.03. The standard InChI is InChI=1S/C30H21BrN2O5/c31-26-13-9-21(18-20(26)15-16-33-29(36)24-5-1-2-6-25(24)30(33)37)28(35)32-22-10-7-19(8-11-22)27(34)14-12-23-4-3-17-38-23/h1-14,17-18H,15-16H2,(H,32,35)/b14-12+. The highest BCUT2D eigenvalue weighted by Crippen LogP contribution is 2.25. The summed E-state index contributed by atoms with van der Waals surface area (Å²) in [5, 5.41) is 2.83. The molecule has 0 atom stereocenters. The van der Waals surface area contributed by atoms with Crippen LogP contribution >= 0.6 is 15.9 Å². The average Bonchev–Trinajstić information content (AvgIpc) is 3.54. The Morgan fingerprint density at radius 2 is 1.55 bits per heavy atom. The number of imide groups is 1. The molecule has 1 aliphatic heterocycles. The first kappa shape index (κ1) is 25.1. The minimum absolute atomic E-state index is 0.185. The van der Waals surface area contributed by atoms with Crippen LogP contribution in [0.1, 0.15) is 52.8 Å². The molecule has 0 fully saturated rings. The molecule has 38 heavy (non-hydrogen) atoms. The van der Waals surface area contributed by atoms with Gasteiger partial charge in [-0.25, -0.2) is 0 Å². The minimum atomic E-state index is -0.323. The number of nitrogens with zero attached hydrogens (tertiary/aromatic N) is 1. The molecule has 1 aromatic heterocycles. The van der Waals surface area contributed by atoms with E-state index < -0.39 is 0 Å². The molecule has 1 aliphatic rings. The lowest BCUT2D eigenvalue weighted by Crippen LogP contribution is -2.31. The van der Waals surface area contributed by atoms with Crippen LogP contribution in [0.25, 0.3) is 6.08 Å². The van der Waals surface area contributed by atoms with Crippen LogP contribution in [0.15, 0.2) is 100 Å². The van der Waals surface area contributed by atoms with E-state index in [4.69, 9.17) is 4.42 Å². The first-order chi connectivity index (χ1) is 18.4. The van der Waals surface area contributed by atoms with E-state index >= 15 is 0 Å². The maximum atomic E-state index is 12.9. The molecule has 7 nitrogen and oxygen atoms in total. The van der Waals surface area contributed by atoms with E-state index in [1.165, 1.54) is 17.2 Å². The summed E-state index contributed by atoms with van der Waals surface area (Å²) in [6, 6.07) is 22.0. The van der Waals surface area contributed by atoms with Crippen molar-refractivity contribution >= 4 is 51.2 Å². The average molecular weight is 569 g/mol. The zero-order valence-corrected chi connectivity index (χ0v) is 21.6. The Bertz CT molecular complexity index is 1540. The van der Waals surface area contributed by atoms with Gasteiger partial charge >= 0.3 is 0 Å². The van der Waals surface area contributed by atoms with E-state index in [9.17, 15) is 19.2 Å². The van der Waals surface area contributed by atoms with E-state index in [1.54, 1.807) is 84.9 Å². The van der Waals surface area contributed by atoms with Crippen LogP contribution in [-0.4, -0.2) is 34.9 Å². The molecule has 0 aliphatic carbocycles. The first-order valence-electron chi connectivity index (χ1n) is 11.8. The van der Waals surface area contributed by atoms with Crippen LogP contribution in [0.5, 0.6) is 0 Å². The topological polar surface area (TPSA) is 96.7 Å². The molecule has 3 aromatic carbocycles. The number of ketones is 1. The third-order valence-electron chi connectivity index (χ3n) is 6.16. The second-order valence-electron chi connectivity index (χ2n) is 8.61. The number of benzene rings is 3. The normalized spacial score (nSPS) is 12.7. The van der Waals surface area contributed by atoms with E-state index in [0.29, 0.717) is 40.1 Å². The van der Waals surface area contributed by atoms with Crippen LogP contribution in [-0.2, 0) is 6.42 Å². The number of nitrogens with one attached hydrogen (secondary N) is 1. The monoisotopic (exact) mass is 568 g/mol. The van der Waals surface area contributed by atoms with Crippen molar-refractivity contribution in [2.45, 2.75) is 6.42 Å². The number of fused-ring (bicyclic) bond motifs is 1. The predicted molar refractivity (Wildman–Crippen MR) is 146 cm³/mol. The van der Waals surface area contributed by atoms with Crippen molar-refractivity contribution < 1.29 is 23.6 Å². The largest absolute Gasteiger partial charge is 0.465 e. The van der Waals surface area contributed by atoms with Crippen molar-refractivity contribution in [2.75, 3.05) is 11.9 Å². The van der Waals surface area contributed by atoms with Gasteiger partial charge in [-0.1, -0.05) is 28.1 Å². The summed E-state index contributed by atoms with van der Waals surface area (Å²) in [6.07, 6.45) is 4.94. The number of furan rings is 1. The van der Waals surface area contributed by atoms with Gasteiger partial charge in [0.25, 0.3) is 17.7 Å². The van der Waals surface area contributed by atoms with Gasteiger partial charge < -0.3 is 9.73 Å². The van der Waals surface area contributed by atoms with Gasteiger partial charge in [0, 0.05) is 27.8 Å². The van der Waals surface area contributed by atoms with Gasteiger partial charge in [0.1, 0.15) is 5.76 Å². The highest BCUT2D eigenvalue weighted by atomic mass is 79.9. The van der Waals surface area contributed by atoms with Crippen LogP contribution in [0.4, 0.5) is 5.69 Å². The Kier molecular flexibility index (Phi) is 7.15. The fraction of sp³-hybridized carbons (Fsp3) is 0.0667. The van der Waals surface area contributed by atoms with Gasteiger partial charge in [-0.2, -0.15) is 0 Å². The number of halogens is 1. The summed E-state index contributed by atoms with van der Waals surface area (Å²) in [5.74, 6) is -0.547. The van der Waals surface area contributed by atoms with E-state index in [-0.39, 0.29) is 30.0 Å². The van der Waals surface area contributed by atoms with Crippen molar-refractivity contribution in [3.63, 3.8) is 0 Å². The summed E-state index contributed by atoms with van der Waals surface area (Å²) in [4.78, 5) is 51.8. The van der Waals surface area contributed by atoms with Crippen molar-refractivity contribution in [3.05, 3.63) is 129 Å². The Labute approximate surface area is 226 Å². The quantitative estimate of drug-likeness (QED) is 0.159. The fourth-order valence-corrected chi connectivity index (χ4v) is 4.59. The SMILES string of the molecule is O=C(/C=C/c1ccco1)c1ccc(NC(=O)c2ccc(Br)c(CCN3C(=O)c4ccccc4C3=O)c2)cc1. The lowest BCUT2D eigenvalue weighted by atomic mass is 10.1. The van der Waals surface area contributed by atoms with E-state index in [0.717, 1.165) is 10.0 Å². The Morgan fingerprint density at radius 3 is 2.21 bits per heavy atom. The molecule has 3 amide bonds. The summed E-state index contributed by atoms with van der Waals surface area (Å²) in [5.41, 5.74) is 3.05. The maximum Gasteiger partial charge on any atom is 0.261 e. The molecule has 0 radical (unpaired) electrons. The van der Waals surface area contributed by atoms with Crippen molar-refractivity contribution in [1.82, 2.24) is 4.90 Å². The second kappa shape index (κ2) is 10.8. The number of carbonyl (C=O) groups excluding carboxylic acids is 4. The van der Waals surface area contributed by atoms with Crippen molar-refractivity contribution in [2.24, 2.45) is 0 Å². The fourth-order valence-electron chi connectivity index (χ4n) is 4.14. The molecule has 0 bridgehead atoms. The highest BCUT2D eigenvalue weighted by molar-refractivity contribution is 9.10. The van der Waals surface area contributed by atoms with Gasteiger partial charge in [-0.15, -0.1) is 0 Å². The zero-order valence-electron chi connectivity index (χ0n) is 20.0. The number of hydrogen-bond donors (Lipinski definition) is 1. The zero-order chi connectivity index (χ0) is 26.6. The van der Waals surface area contributed by atoms with E-state index in [2.05, 4.69) is 21.2 Å². The van der Waals surface area contributed by atoms with Gasteiger partial charge in [0.15, 0.2) is 5.78 Å². The van der Waals surface area contributed by atoms with Gasteiger partial charge in [0.05, 0.1) is 17.4 Å². The smallest absolute Gasteiger partial charge is 0.261 e. The first-order valence-corrected chi connectivity index (χ1v) is 12.6. The second-order valence-corrected chi connectivity index (χ2v) is 9.46. The van der Waals surface area contributed by atoms with Gasteiger partial charge in [-0.05, 0) is 90.9 Å². The van der Waals surface area contributed by atoms with Crippen LogP contribution in [0, 0.1) is 0 Å².